The van der Waals surface area contributed by atoms with Gasteiger partial charge in [0.1, 0.15) is 6.04 Å². The zero-order valence-corrected chi connectivity index (χ0v) is 26.8. The van der Waals surface area contributed by atoms with Gasteiger partial charge in [-0.2, -0.15) is 0 Å². The second-order valence-corrected chi connectivity index (χ2v) is 12.2. The maximum atomic E-state index is 13.2. The van der Waals surface area contributed by atoms with Crippen molar-refractivity contribution in [1.82, 2.24) is 26.2 Å². The summed E-state index contributed by atoms with van der Waals surface area (Å²) < 4.78 is 0. The number of amides is 4. The smallest absolute Gasteiger partial charge is 0.253 e. The molecular weight excluding hydrogens is 518 g/mol. The van der Waals surface area contributed by atoms with Crippen LogP contribution in [-0.2, 0) is 9.59 Å². The molecule has 4 amide bonds. The van der Waals surface area contributed by atoms with E-state index in [0.29, 0.717) is 55.6 Å². The van der Waals surface area contributed by atoms with Crippen molar-refractivity contribution < 1.29 is 19.2 Å². The van der Waals surface area contributed by atoms with Crippen molar-refractivity contribution in [2.45, 2.75) is 99.7 Å². The lowest BCUT2D eigenvalue weighted by Gasteiger charge is -2.26. The van der Waals surface area contributed by atoms with Gasteiger partial charge in [0.2, 0.25) is 11.8 Å². The summed E-state index contributed by atoms with van der Waals surface area (Å²) in [6.07, 6.45) is 2.45. The highest BCUT2D eigenvalue weighted by Gasteiger charge is 2.27. The molecule has 0 aliphatic rings. The molecule has 1 aromatic rings. The molecule has 1 rings (SSSR count). The molecule has 0 fully saturated rings. The van der Waals surface area contributed by atoms with Crippen LogP contribution in [0.25, 0.3) is 0 Å². The van der Waals surface area contributed by atoms with E-state index >= 15 is 0 Å². The third-order valence-electron chi connectivity index (χ3n) is 6.73. The van der Waals surface area contributed by atoms with Gasteiger partial charge < -0.3 is 26.2 Å². The Balaban J connectivity index is 2.88. The van der Waals surface area contributed by atoms with E-state index in [1.807, 2.05) is 46.4 Å². The normalized spacial score (nSPS) is 13.6. The first-order valence-electron chi connectivity index (χ1n) is 15.3. The van der Waals surface area contributed by atoms with Gasteiger partial charge in [0.05, 0.1) is 6.04 Å². The Hall–Kier alpha value is -2.94. The highest BCUT2D eigenvalue weighted by Crippen LogP contribution is 2.12. The van der Waals surface area contributed by atoms with Crippen LogP contribution in [0.2, 0.25) is 0 Å². The second kappa shape index (κ2) is 18.5. The fraction of sp³-hybridized carbons (Fsp3) is 0.688. The zero-order valence-electron chi connectivity index (χ0n) is 26.8. The average molecular weight is 574 g/mol. The molecule has 9 heteroatoms. The number of hydrogen-bond acceptors (Lipinski definition) is 5. The van der Waals surface area contributed by atoms with Crippen LogP contribution in [0.4, 0.5) is 0 Å². The molecule has 0 aromatic heterocycles. The molecule has 4 N–H and O–H groups in total. The molecule has 0 heterocycles. The largest absolute Gasteiger partial charge is 0.354 e. The lowest BCUT2D eigenvalue weighted by molar-refractivity contribution is -0.131. The minimum atomic E-state index is -0.628. The summed E-state index contributed by atoms with van der Waals surface area (Å²) in [4.78, 5) is 53.7. The summed E-state index contributed by atoms with van der Waals surface area (Å²) in [6.45, 7) is 20.1. The summed E-state index contributed by atoms with van der Waals surface area (Å²) >= 11 is 0. The predicted octanol–water partition coefficient (Wildman–Crippen LogP) is 3.98. The van der Waals surface area contributed by atoms with E-state index < -0.39 is 12.1 Å². The van der Waals surface area contributed by atoms with Gasteiger partial charge in [0.15, 0.2) is 0 Å². The number of rotatable bonds is 18. The average Bonchev–Trinajstić information content (AvgIpc) is 2.91. The first-order chi connectivity index (χ1) is 19.3. The molecule has 9 nitrogen and oxygen atoms in total. The molecule has 0 unspecified atom stereocenters. The third-order valence-corrected chi connectivity index (χ3v) is 6.73. The second-order valence-electron chi connectivity index (χ2n) is 12.2. The Morgan fingerprint density at radius 2 is 1.39 bits per heavy atom. The Labute approximate surface area is 248 Å². The summed E-state index contributed by atoms with van der Waals surface area (Å²) in [5.74, 6) is -0.225. The van der Waals surface area contributed by atoms with Crippen LogP contribution in [-0.4, -0.2) is 72.8 Å². The molecule has 0 spiro atoms. The van der Waals surface area contributed by atoms with Crippen LogP contribution >= 0.6 is 0 Å². The van der Waals surface area contributed by atoms with Gasteiger partial charge in [0.25, 0.3) is 11.8 Å². The number of nitrogens with one attached hydrogen (secondary N) is 4. The minimum absolute atomic E-state index is 0.0649. The van der Waals surface area contributed by atoms with Crippen LogP contribution in [0.1, 0.15) is 102 Å². The SMILES string of the molecule is CCCN(CCC)C(=O)c1cccc(C(=O)N[C@H](CN[C@@H](C)C(=O)N[C@H](C(=O)NCC(C)C)C(C)C)CC(C)C)c1. The topological polar surface area (TPSA) is 120 Å². The number of carbonyl (C=O) groups is 4. The zero-order chi connectivity index (χ0) is 31.1. The van der Waals surface area contributed by atoms with Gasteiger partial charge >= 0.3 is 0 Å². The Bertz CT molecular complexity index is 973. The standard InChI is InChI=1S/C32H55N5O4/c1-10-15-37(16-11-2)32(41)26-14-12-13-25(18-26)30(39)35-27(17-21(3)4)20-33-24(9)29(38)36-28(23(7)8)31(40)34-19-22(5)6/h12-14,18,21-24,27-28,33H,10-11,15-17,19-20H2,1-9H3,(H,34,40)(H,35,39)(H,36,38)/t24-,27-,28-/m0/s1. The van der Waals surface area contributed by atoms with E-state index in [0.717, 1.165) is 12.8 Å². The van der Waals surface area contributed by atoms with Crippen LogP contribution in [0.3, 0.4) is 0 Å². The maximum Gasteiger partial charge on any atom is 0.253 e. The first-order valence-corrected chi connectivity index (χ1v) is 15.3. The van der Waals surface area contributed by atoms with Gasteiger partial charge in [0, 0.05) is 43.3 Å². The van der Waals surface area contributed by atoms with Crippen molar-refractivity contribution in [2.75, 3.05) is 26.2 Å². The van der Waals surface area contributed by atoms with E-state index in [4.69, 9.17) is 0 Å². The Kier molecular flexibility index (Phi) is 16.3. The maximum absolute atomic E-state index is 13.2. The number of nitrogens with zero attached hydrogens (tertiary/aromatic N) is 1. The molecule has 0 aliphatic heterocycles. The summed E-state index contributed by atoms with van der Waals surface area (Å²) in [7, 11) is 0. The number of hydrogen-bond donors (Lipinski definition) is 4. The van der Waals surface area contributed by atoms with E-state index in [-0.39, 0.29) is 35.6 Å². The molecule has 0 saturated heterocycles. The molecule has 232 valence electrons. The van der Waals surface area contributed by atoms with Crippen molar-refractivity contribution in [2.24, 2.45) is 17.8 Å². The van der Waals surface area contributed by atoms with Gasteiger partial charge in [-0.05, 0) is 62.1 Å². The molecular formula is C32H55N5O4. The van der Waals surface area contributed by atoms with Crippen molar-refractivity contribution in [1.29, 1.82) is 0 Å². The molecule has 3 atom stereocenters. The summed E-state index contributed by atoms with van der Waals surface area (Å²) in [5.41, 5.74) is 0.927. The summed E-state index contributed by atoms with van der Waals surface area (Å²) in [6, 6.07) is 5.43. The Morgan fingerprint density at radius 3 is 1.93 bits per heavy atom. The van der Waals surface area contributed by atoms with Crippen molar-refractivity contribution in [3.05, 3.63) is 35.4 Å². The van der Waals surface area contributed by atoms with Gasteiger partial charge in [-0.15, -0.1) is 0 Å². The third kappa shape index (κ3) is 13.1. The van der Waals surface area contributed by atoms with Crippen molar-refractivity contribution >= 4 is 23.6 Å². The molecule has 0 radical (unpaired) electrons. The highest BCUT2D eigenvalue weighted by molar-refractivity contribution is 5.99. The lowest BCUT2D eigenvalue weighted by Crippen LogP contribution is -2.55. The molecule has 0 aliphatic carbocycles. The van der Waals surface area contributed by atoms with Gasteiger partial charge in [-0.3, -0.25) is 19.2 Å². The fourth-order valence-corrected chi connectivity index (χ4v) is 4.50. The minimum Gasteiger partial charge on any atom is -0.354 e. The molecule has 0 bridgehead atoms. The van der Waals surface area contributed by atoms with Gasteiger partial charge in [-0.25, -0.2) is 0 Å². The Morgan fingerprint density at radius 1 is 0.780 bits per heavy atom. The molecule has 0 saturated carbocycles. The molecule has 1 aromatic carbocycles. The lowest BCUT2D eigenvalue weighted by atomic mass is 10.0. The monoisotopic (exact) mass is 573 g/mol. The number of carbonyl (C=O) groups excluding carboxylic acids is 4. The van der Waals surface area contributed by atoms with Crippen molar-refractivity contribution in [3.63, 3.8) is 0 Å². The van der Waals surface area contributed by atoms with Crippen LogP contribution in [0.15, 0.2) is 24.3 Å². The highest BCUT2D eigenvalue weighted by atomic mass is 16.2. The quantitative estimate of drug-likeness (QED) is 0.212. The van der Waals surface area contributed by atoms with Crippen LogP contribution in [0, 0.1) is 17.8 Å². The van der Waals surface area contributed by atoms with E-state index in [2.05, 4.69) is 35.1 Å². The van der Waals surface area contributed by atoms with E-state index in [1.165, 1.54) is 0 Å². The van der Waals surface area contributed by atoms with E-state index in [9.17, 15) is 19.2 Å². The fourth-order valence-electron chi connectivity index (χ4n) is 4.50. The molecule has 41 heavy (non-hydrogen) atoms. The predicted molar refractivity (Wildman–Crippen MR) is 166 cm³/mol. The van der Waals surface area contributed by atoms with E-state index in [1.54, 1.807) is 31.2 Å². The van der Waals surface area contributed by atoms with Gasteiger partial charge in [-0.1, -0.05) is 61.5 Å². The van der Waals surface area contributed by atoms with Crippen LogP contribution < -0.4 is 21.3 Å². The summed E-state index contributed by atoms with van der Waals surface area (Å²) in [5, 5.41) is 12.1. The van der Waals surface area contributed by atoms with Crippen molar-refractivity contribution in [3.8, 4) is 0 Å². The number of benzene rings is 1. The van der Waals surface area contributed by atoms with Crippen LogP contribution in [0.5, 0.6) is 0 Å². The first kappa shape index (κ1) is 36.1.